The van der Waals surface area contributed by atoms with Crippen molar-refractivity contribution in [2.75, 3.05) is 7.11 Å². The maximum absolute atomic E-state index is 13.1. The smallest absolute Gasteiger partial charge is 0.287 e. The number of carbonyl (C=O) groups is 1. The lowest BCUT2D eigenvalue weighted by Crippen LogP contribution is -2.23. The highest BCUT2D eigenvalue weighted by Crippen LogP contribution is 2.18. The molecule has 4 rings (SSSR count). The van der Waals surface area contributed by atoms with Crippen LogP contribution in [0.25, 0.3) is 0 Å². The van der Waals surface area contributed by atoms with Crippen molar-refractivity contribution in [1.82, 2.24) is 10.2 Å². The van der Waals surface area contributed by atoms with Gasteiger partial charge in [-0.1, -0.05) is 54.6 Å². The Bertz CT molecular complexity index is 1190. The molecular weight excluding hydrogens is 431 g/mol. The summed E-state index contributed by atoms with van der Waals surface area (Å²) in [7, 11) is 1.65. The van der Waals surface area contributed by atoms with Crippen molar-refractivity contribution in [3.05, 3.63) is 125 Å². The summed E-state index contributed by atoms with van der Waals surface area (Å²) in [5, 5.41) is 2.81. The van der Waals surface area contributed by atoms with Gasteiger partial charge in [-0.2, -0.15) is 0 Å². The molecular formula is C28H27FN2O3. The summed E-state index contributed by atoms with van der Waals surface area (Å²) in [6.45, 7) is 2.30. The number of carbonyl (C=O) groups excluding carboxylic acids is 1. The van der Waals surface area contributed by atoms with Crippen LogP contribution in [0.1, 0.15) is 33.0 Å². The van der Waals surface area contributed by atoms with Crippen molar-refractivity contribution in [3.63, 3.8) is 0 Å². The summed E-state index contributed by atoms with van der Waals surface area (Å²) >= 11 is 0. The molecule has 1 heterocycles. The Kier molecular flexibility index (Phi) is 7.73. The van der Waals surface area contributed by atoms with Crippen molar-refractivity contribution in [2.45, 2.75) is 26.2 Å². The number of rotatable bonds is 10. The molecule has 1 amide bonds. The molecule has 0 saturated carbocycles. The van der Waals surface area contributed by atoms with Crippen LogP contribution in [-0.4, -0.2) is 17.9 Å². The highest BCUT2D eigenvalue weighted by molar-refractivity contribution is 5.91. The van der Waals surface area contributed by atoms with Gasteiger partial charge < -0.3 is 14.5 Å². The second kappa shape index (κ2) is 11.3. The largest absolute Gasteiger partial charge is 0.497 e. The summed E-state index contributed by atoms with van der Waals surface area (Å²) in [6, 6.07) is 27.8. The second-order valence-corrected chi connectivity index (χ2v) is 8.05. The zero-order valence-electron chi connectivity index (χ0n) is 19.0. The molecule has 5 nitrogen and oxygen atoms in total. The van der Waals surface area contributed by atoms with Gasteiger partial charge in [-0.3, -0.25) is 9.69 Å². The first kappa shape index (κ1) is 23.3. The van der Waals surface area contributed by atoms with Crippen LogP contribution in [-0.2, 0) is 26.2 Å². The summed E-state index contributed by atoms with van der Waals surface area (Å²) < 4.78 is 24.2. The Labute approximate surface area is 198 Å². The lowest BCUT2D eigenvalue weighted by Gasteiger charge is -2.21. The first-order valence-electron chi connectivity index (χ1n) is 11.1. The fourth-order valence-electron chi connectivity index (χ4n) is 3.68. The Morgan fingerprint density at radius 2 is 1.47 bits per heavy atom. The van der Waals surface area contributed by atoms with Crippen LogP contribution in [0.15, 0.2) is 95.4 Å². The molecule has 0 saturated heterocycles. The van der Waals surface area contributed by atoms with Crippen molar-refractivity contribution in [1.29, 1.82) is 0 Å². The number of hydrogen-bond donors (Lipinski definition) is 1. The van der Waals surface area contributed by atoms with Crippen LogP contribution < -0.4 is 10.1 Å². The van der Waals surface area contributed by atoms with Gasteiger partial charge in [0.1, 0.15) is 17.3 Å². The first-order chi connectivity index (χ1) is 16.6. The van der Waals surface area contributed by atoms with Crippen LogP contribution in [0.3, 0.4) is 0 Å². The van der Waals surface area contributed by atoms with Crippen LogP contribution >= 0.6 is 0 Å². The van der Waals surface area contributed by atoms with Gasteiger partial charge in [0.15, 0.2) is 5.76 Å². The third-order valence-electron chi connectivity index (χ3n) is 5.45. The number of furan rings is 1. The fourth-order valence-corrected chi connectivity index (χ4v) is 3.68. The fraction of sp³-hybridized carbons (Fsp3) is 0.179. The first-order valence-corrected chi connectivity index (χ1v) is 11.1. The molecule has 0 spiro atoms. The van der Waals surface area contributed by atoms with E-state index in [1.54, 1.807) is 25.3 Å². The highest BCUT2D eigenvalue weighted by Gasteiger charge is 2.15. The maximum Gasteiger partial charge on any atom is 0.287 e. The van der Waals surface area contributed by atoms with Gasteiger partial charge in [-0.05, 0) is 53.1 Å². The zero-order valence-corrected chi connectivity index (χ0v) is 19.0. The number of nitrogens with one attached hydrogen (secondary N) is 1. The predicted molar refractivity (Wildman–Crippen MR) is 129 cm³/mol. The van der Waals surface area contributed by atoms with E-state index in [1.165, 1.54) is 17.7 Å². The Balaban J connectivity index is 1.41. The third kappa shape index (κ3) is 6.56. The summed E-state index contributed by atoms with van der Waals surface area (Å²) in [5.41, 5.74) is 3.16. The summed E-state index contributed by atoms with van der Waals surface area (Å²) in [4.78, 5) is 14.8. The van der Waals surface area contributed by atoms with Gasteiger partial charge in [0, 0.05) is 19.6 Å². The quantitative estimate of drug-likeness (QED) is 0.338. The maximum atomic E-state index is 13.1. The lowest BCUT2D eigenvalue weighted by atomic mass is 10.1. The van der Waals surface area contributed by atoms with E-state index >= 15 is 0 Å². The summed E-state index contributed by atoms with van der Waals surface area (Å²) in [6.07, 6.45) is 0. The van der Waals surface area contributed by atoms with Gasteiger partial charge in [-0.25, -0.2) is 4.39 Å². The number of ether oxygens (including phenoxy) is 1. The molecule has 0 atom stereocenters. The molecule has 0 aliphatic carbocycles. The molecule has 0 radical (unpaired) electrons. The van der Waals surface area contributed by atoms with E-state index in [0.717, 1.165) is 23.4 Å². The van der Waals surface area contributed by atoms with Gasteiger partial charge in [0.2, 0.25) is 0 Å². The molecule has 1 N–H and O–H groups in total. The molecule has 0 bridgehead atoms. The van der Waals surface area contributed by atoms with Crippen LogP contribution in [0, 0.1) is 5.82 Å². The molecule has 0 aliphatic heterocycles. The van der Waals surface area contributed by atoms with Crippen LogP contribution in [0.4, 0.5) is 4.39 Å². The molecule has 1 aromatic heterocycles. The average molecular weight is 459 g/mol. The van der Waals surface area contributed by atoms with Gasteiger partial charge >= 0.3 is 0 Å². The lowest BCUT2D eigenvalue weighted by molar-refractivity contribution is 0.0918. The van der Waals surface area contributed by atoms with Crippen molar-refractivity contribution < 1.29 is 18.3 Å². The topological polar surface area (TPSA) is 54.7 Å². The Morgan fingerprint density at radius 1 is 0.824 bits per heavy atom. The summed E-state index contributed by atoms with van der Waals surface area (Å²) in [5.74, 6) is 1.17. The second-order valence-electron chi connectivity index (χ2n) is 8.05. The molecule has 34 heavy (non-hydrogen) atoms. The van der Waals surface area contributed by atoms with Crippen LogP contribution in [0.2, 0.25) is 0 Å². The van der Waals surface area contributed by atoms with E-state index in [9.17, 15) is 9.18 Å². The standard InChI is InChI=1S/C28H27FN2O3/c1-33-25-13-9-23(10-14-25)19-31(18-22-5-3-2-4-6-22)20-26-15-16-27(34-26)28(32)30-17-21-7-11-24(29)12-8-21/h2-16H,17-20H2,1H3,(H,30,32). The number of benzene rings is 3. The van der Waals surface area contributed by atoms with E-state index in [1.807, 2.05) is 48.5 Å². The normalized spacial score (nSPS) is 10.9. The van der Waals surface area contributed by atoms with Gasteiger partial charge in [0.25, 0.3) is 5.91 Å². The number of methoxy groups -OCH3 is 1. The number of hydrogen-bond acceptors (Lipinski definition) is 4. The Morgan fingerprint density at radius 3 is 2.15 bits per heavy atom. The third-order valence-corrected chi connectivity index (χ3v) is 5.45. The van der Waals surface area contributed by atoms with E-state index in [-0.39, 0.29) is 17.5 Å². The van der Waals surface area contributed by atoms with Gasteiger partial charge in [0.05, 0.1) is 13.7 Å². The molecule has 4 aromatic rings. The SMILES string of the molecule is COc1ccc(CN(Cc2ccccc2)Cc2ccc(C(=O)NCc3ccc(F)cc3)o2)cc1. The van der Waals surface area contributed by atoms with Crippen molar-refractivity contribution in [3.8, 4) is 5.75 Å². The van der Waals surface area contributed by atoms with Gasteiger partial charge in [-0.15, -0.1) is 0 Å². The molecule has 6 heteroatoms. The molecule has 0 fully saturated rings. The molecule has 0 unspecified atom stereocenters. The molecule has 174 valence electrons. The van der Waals surface area contributed by atoms with E-state index in [0.29, 0.717) is 25.4 Å². The highest BCUT2D eigenvalue weighted by atomic mass is 19.1. The van der Waals surface area contributed by atoms with E-state index in [2.05, 4.69) is 22.3 Å². The Hall–Kier alpha value is -3.90. The van der Waals surface area contributed by atoms with Crippen molar-refractivity contribution in [2.24, 2.45) is 0 Å². The minimum absolute atomic E-state index is 0.251. The monoisotopic (exact) mass is 458 g/mol. The average Bonchev–Trinajstić information content (AvgIpc) is 3.33. The minimum atomic E-state index is -0.305. The van der Waals surface area contributed by atoms with Crippen LogP contribution in [0.5, 0.6) is 5.75 Å². The van der Waals surface area contributed by atoms with E-state index in [4.69, 9.17) is 9.15 Å². The number of nitrogens with zero attached hydrogens (tertiary/aromatic N) is 1. The minimum Gasteiger partial charge on any atom is -0.497 e. The zero-order chi connectivity index (χ0) is 23.8. The number of halogens is 1. The van der Waals surface area contributed by atoms with E-state index < -0.39 is 0 Å². The van der Waals surface area contributed by atoms with Crippen molar-refractivity contribution >= 4 is 5.91 Å². The molecule has 0 aliphatic rings. The molecule has 3 aromatic carbocycles. The number of amides is 1. The predicted octanol–water partition coefficient (Wildman–Crippen LogP) is 5.56.